The Labute approximate surface area is 169 Å². The minimum Gasteiger partial charge on any atom is -0.346 e. The summed E-state index contributed by atoms with van der Waals surface area (Å²) in [6, 6.07) is 12.0. The van der Waals surface area contributed by atoms with Crippen LogP contribution in [0.2, 0.25) is 0 Å². The molecule has 7 nitrogen and oxygen atoms in total. The van der Waals surface area contributed by atoms with Crippen LogP contribution < -0.4 is 5.32 Å². The number of sulfonamides is 1. The molecule has 9 heteroatoms. The summed E-state index contributed by atoms with van der Waals surface area (Å²) in [7, 11) is -2.28. The molecule has 0 bridgehead atoms. The van der Waals surface area contributed by atoms with E-state index in [1.807, 2.05) is 31.2 Å². The van der Waals surface area contributed by atoms with Crippen molar-refractivity contribution in [1.82, 2.24) is 19.6 Å². The summed E-state index contributed by atoms with van der Waals surface area (Å²) in [5, 5.41) is 2.87. The van der Waals surface area contributed by atoms with Crippen molar-refractivity contribution < 1.29 is 17.6 Å². The van der Waals surface area contributed by atoms with Gasteiger partial charge in [-0.05, 0) is 49.7 Å². The zero-order valence-corrected chi connectivity index (χ0v) is 17.0. The van der Waals surface area contributed by atoms with E-state index in [9.17, 15) is 17.6 Å². The monoisotopic (exact) mass is 418 g/mol. The summed E-state index contributed by atoms with van der Waals surface area (Å²) in [6.07, 6.45) is 0.531. The number of carbonyl (C=O) groups is 1. The summed E-state index contributed by atoms with van der Waals surface area (Å²) in [6.45, 7) is 2.01. The molecular weight excluding hydrogens is 395 g/mol. The molecule has 0 spiro atoms. The van der Waals surface area contributed by atoms with Crippen molar-refractivity contribution in [3.05, 3.63) is 60.2 Å². The molecule has 0 radical (unpaired) electrons. The minimum absolute atomic E-state index is 0.0179. The first-order chi connectivity index (χ1) is 13.8. The molecular formula is C20H23FN4O3S. The number of amides is 1. The van der Waals surface area contributed by atoms with Crippen molar-refractivity contribution in [2.45, 2.75) is 30.7 Å². The number of H-pyrrole nitrogens is 1. The van der Waals surface area contributed by atoms with E-state index in [4.69, 9.17) is 0 Å². The summed E-state index contributed by atoms with van der Waals surface area (Å²) in [5.41, 5.74) is 1.73. The van der Waals surface area contributed by atoms with Gasteiger partial charge in [0.25, 0.3) is 0 Å². The fourth-order valence-electron chi connectivity index (χ4n) is 2.93. The molecule has 2 aromatic carbocycles. The lowest BCUT2D eigenvalue weighted by Gasteiger charge is -2.17. The standard InChI is InChI=1S/C20H23FN4O3S/c1-14(20-23-17-6-3-4-7-18(17)24-20)22-19(26)8-5-13-25(2)29(27,28)16-11-9-15(21)10-12-16/h3-4,6-7,9-12,14H,5,8,13H2,1-2H3,(H,22,26)(H,23,24)/t14-/m0/s1. The molecule has 1 aromatic heterocycles. The summed E-state index contributed by atoms with van der Waals surface area (Å²) in [5.74, 6) is -0.0251. The van der Waals surface area contributed by atoms with Gasteiger partial charge in [0.15, 0.2) is 0 Å². The molecule has 0 saturated carbocycles. The van der Waals surface area contributed by atoms with E-state index in [0.29, 0.717) is 12.2 Å². The number of hydrogen-bond acceptors (Lipinski definition) is 4. The fourth-order valence-corrected chi connectivity index (χ4v) is 4.14. The van der Waals surface area contributed by atoms with Crippen molar-refractivity contribution in [3.63, 3.8) is 0 Å². The minimum atomic E-state index is -3.71. The van der Waals surface area contributed by atoms with Gasteiger partial charge in [0, 0.05) is 20.0 Å². The first kappa shape index (κ1) is 20.9. The van der Waals surface area contributed by atoms with E-state index < -0.39 is 15.8 Å². The first-order valence-electron chi connectivity index (χ1n) is 9.23. The maximum absolute atomic E-state index is 13.0. The number of nitrogens with one attached hydrogen (secondary N) is 2. The molecule has 3 rings (SSSR count). The first-order valence-corrected chi connectivity index (χ1v) is 10.7. The largest absolute Gasteiger partial charge is 0.346 e. The molecule has 3 aromatic rings. The highest BCUT2D eigenvalue weighted by Crippen LogP contribution is 2.17. The van der Waals surface area contributed by atoms with Crippen LogP contribution in [0.1, 0.15) is 31.6 Å². The molecule has 1 amide bonds. The Morgan fingerprint density at radius 3 is 2.59 bits per heavy atom. The van der Waals surface area contributed by atoms with E-state index in [1.54, 1.807) is 0 Å². The highest BCUT2D eigenvalue weighted by Gasteiger charge is 2.21. The van der Waals surface area contributed by atoms with E-state index in [-0.39, 0.29) is 29.8 Å². The SMILES string of the molecule is C[C@H](NC(=O)CCCN(C)S(=O)(=O)c1ccc(F)cc1)c1nc2ccccc2[nH]1. The van der Waals surface area contributed by atoms with Crippen LogP contribution in [-0.4, -0.2) is 42.2 Å². The molecule has 154 valence electrons. The number of carbonyl (C=O) groups excluding carboxylic acids is 1. The third-order valence-corrected chi connectivity index (χ3v) is 6.47. The number of aromatic amines is 1. The second-order valence-corrected chi connectivity index (χ2v) is 8.86. The third-order valence-electron chi connectivity index (χ3n) is 4.59. The second-order valence-electron chi connectivity index (χ2n) is 6.81. The Balaban J connectivity index is 1.50. The van der Waals surface area contributed by atoms with Gasteiger partial charge in [0.05, 0.1) is 22.0 Å². The van der Waals surface area contributed by atoms with Crippen LogP contribution in [-0.2, 0) is 14.8 Å². The third kappa shape index (κ3) is 4.99. The number of para-hydroxylation sites is 2. The van der Waals surface area contributed by atoms with Gasteiger partial charge in [-0.15, -0.1) is 0 Å². The van der Waals surface area contributed by atoms with E-state index in [2.05, 4.69) is 15.3 Å². The molecule has 0 aliphatic rings. The van der Waals surface area contributed by atoms with Crippen LogP contribution in [0.5, 0.6) is 0 Å². The van der Waals surface area contributed by atoms with Crippen molar-refractivity contribution in [1.29, 1.82) is 0 Å². The topological polar surface area (TPSA) is 95.2 Å². The molecule has 0 aliphatic heterocycles. The highest BCUT2D eigenvalue weighted by molar-refractivity contribution is 7.89. The lowest BCUT2D eigenvalue weighted by atomic mass is 10.2. The number of fused-ring (bicyclic) bond motifs is 1. The van der Waals surface area contributed by atoms with Crippen molar-refractivity contribution in [2.75, 3.05) is 13.6 Å². The van der Waals surface area contributed by atoms with Gasteiger partial charge in [-0.3, -0.25) is 4.79 Å². The Kier molecular flexibility index (Phi) is 6.29. The second kappa shape index (κ2) is 8.71. The number of aromatic nitrogens is 2. The van der Waals surface area contributed by atoms with Crippen LogP contribution >= 0.6 is 0 Å². The average Bonchev–Trinajstić information content (AvgIpc) is 3.12. The molecule has 29 heavy (non-hydrogen) atoms. The summed E-state index contributed by atoms with van der Waals surface area (Å²) < 4.78 is 39.1. The highest BCUT2D eigenvalue weighted by atomic mass is 32.2. The maximum atomic E-state index is 13.0. The van der Waals surface area contributed by atoms with Gasteiger partial charge in [-0.1, -0.05) is 12.1 Å². The molecule has 0 saturated heterocycles. The van der Waals surface area contributed by atoms with Crippen molar-refractivity contribution in [2.24, 2.45) is 0 Å². The molecule has 2 N–H and O–H groups in total. The molecule has 1 heterocycles. The summed E-state index contributed by atoms with van der Waals surface area (Å²) in [4.78, 5) is 19.9. The fraction of sp³-hybridized carbons (Fsp3) is 0.300. The summed E-state index contributed by atoms with van der Waals surface area (Å²) >= 11 is 0. The van der Waals surface area contributed by atoms with E-state index >= 15 is 0 Å². The number of imidazole rings is 1. The zero-order chi connectivity index (χ0) is 21.0. The van der Waals surface area contributed by atoms with Crippen LogP contribution in [0.25, 0.3) is 11.0 Å². The average molecular weight is 418 g/mol. The van der Waals surface area contributed by atoms with Gasteiger partial charge in [0.1, 0.15) is 11.6 Å². The van der Waals surface area contributed by atoms with E-state index in [1.165, 1.54) is 19.2 Å². The molecule has 1 atom stereocenters. The van der Waals surface area contributed by atoms with Crippen molar-refractivity contribution in [3.8, 4) is 0 Å². The number of benzene rings is 2. The van der Waals surface area contributed by atoms with Gasteiger partial charge in [0.2, 0.25) is 15.9 Å². The van der Waals surface area contributed by atoms with Gasteiger partial charge in [-0.25, -0.2) is 22.1 Å². The quantitative estimate of drug-likeness (QED) is 0.588. The Morgan fingerprint density at radius 1 is 1.21 bits per heavy atom. The van der Waals surface area contributed by atoms with Crippen LogP contribution in [0.15, 0.2) is 53.4 Å². The number of nitrogens with zero attached hydrogens (tertiary/aromatic N) is 2. The van der Waals surface area contributed by atoms with Crippen LogP contribution in [0, 0.1) is 5.82 Å². The normalized spacial score (nSPS) is 13.0. The zero-order valence-electron chi connectivity index (χ0n) is 16.2. The van der Waals surface area contributed by atoms with Crippen LogP contribution in [0.4, 0.5) is 4.39 Å². The smallest absolute Gasteiger partial charge is 0.242 e. The number of rotatable bonds is 8. The number of hydrogen-bond donors (Lipinski definition) is 2. The van der Waals surface area contributed by atoms with Crippen molar-refractivity contribution >= 4 is 27.0 Å². The molecule has 0 unspecified atom stereocenters. The number of halogens is 1. The lowest BCUT2D eigenvalue weighted by Crippen LogP contribution is -2.30. The predicted molar refractivity (Wildman–Crippen MR) is 108 cm³/mol. The van der Waals surface area contributed by atoms with Gasteiger partial charge in [-0.2, -0.15) is 0 Å². The lowest BCUT2D eigenvalue weighted by molar-refractivity contribution is -0.121. The molecule has 0 aliphatic carbocycles. The Bertz CT molecular complexity index is 1060. The van der Waals surface area contributed by atoms with Gasteiger partial charge < -0.3 is 10.3 Å². The van der Waals surface area contributed by atoms with Crippen LogP contribution in [0.3, 0.4) is 0 Å². The Hall–Kier alpha value is -2.78. The maximum Gasteiger partial charge on any atom is 0.242 e. The predicted octanol–water partition coefficient (Wildman–Crippen LogP) is 2.98. The Morgan fingerprint density at radius 2 is 1.90 bits per heavy atom. The molecule has 0 fully saturated rings. The van der Waals surface area contributed by atoms with E-state index in [0.717, 1.165) is 27.5 Å². The van der Waals surface area contributed by atoms with Gasteiger partial charge >= 0.3 is 0 Å².